The maximum atomic E-state index is 11.7. The zero-order valence-electron chi connectivity index (χ0n) is 13.9. The Morgan fingerprint density at radius 2 is 1.92 bits per heavy atom. The monoisotopic (exact) mass is 355 g/mol. The number of unbranched alkanes of at least 4 members (excludes halogenated alkanes) is 3. The molecule has 1 radical (unpaired) electrons. The van der Waals surface area contributed by atoms with Crippen LogP contribution in [-0.4, -0.2) is 47.5 Å². The lowest BCUT2D eigenvalue weighted by Gasteiger charge is -2.16. The van der Waals surface area contributed by atoms with E-state index in [2.05, 4.69) is 16.0 Å². The fraction of sp³-hybridized carbons (Fsp3) is 0.812. The average molecular weight is 355 g/mol. The van der Waals surface area contributed by atoms with Gasteiger partial charge in [-0.3, -0.25) is 15.3 Å². The Kier molecular flexibility index (Phi) is 7.68. The summed E-state index contributed by atoms with van der Waals surface area (Å²) < 4.78 is 0. The summed E-state index contributed by atoms with van der Waals surface area (Å²) in [5, 5.41) is 9.27. The van der Waals surface area contributed by atoms with Crippen molar-refractivity contribution in [2.45, 2.75) is 68.7 Å². The van der Waals surface area contributed by atoms with Gasteiger partial charge >= 0.3 is 6.03 Å². The number of hydrogen-bond donors (Lipinski definition) is 3. The molecule has 0 aromatic heterocycles. The first kappa shape index (κ1) is 18.9. The Hall–Kier alpha value is -1.44. The van der Waals surface area contributed by atoms with Crippen molar-refractivity contribution in [3.63, 3.8) is 0 Å². The molecule has 3 atom stereocenters. The second kappa shape index (κ2) is 9.76. The Balaban J connectivity index is 1.45. The molecule has 8 heteroatoms. The van der Waals surface area contributed by atoms with E-state index in [1.54, 1.807) is 0 Å². The predicted molar refractivity (Wildman–Crippen MR) is 93.5 cm³/mol. The van der Waals surface area contributed by atoms with Gasteiger partial charge in [0.2, 0.25) is 11.8 Å². The van der Waals surface area contributed by atoms with Crippen LogP contribution in [0.25, 0.3) is 0 Å². The predicted octanol–water partition coefficient (Wildman–Crippen LogP) is 1.20. The van der Waals surface area contributed by atoms with Gasteiger partial charge in [0.1, 0.15) is 0 Å². The Labute approximate surface area is 147 Å². The molecule has 2 aliphatic rings. The molecule has 3 unspecified atom stereocenters. The van der Waals surface area contributed by atoms with Gasteiger partial charge in [-0.2, -0.15) is 11.8 Å². The zero-order valence-corrected chi connectivity index (χ0v) is 14.8. The van der Waals surface area contributed by atoms with Crippen molar-refractivity contribution in [2.24, 2.45) is 0 Å². The van der Waals surface area contributed by atoms with Gasteiger partial charge in [0.25, 0.3) is 0 Å². The minimum Gasteiger partial charge on any atom is -0.356 e. The molecule has 4 N–H and O–H groups in total. The third-order valence-corrected chi connectivity index (χ3v) is 5.99. The molecule has 0 aromatic carbocycles. The number of thioether (sulfide) groups is 1. The van der Waals surface area contributed by atoms with E-state index in [0.717, 1.165) is 44.3 Å². The fourth-order valence-electron chi connectivity index (χ4n) is 3.18. The highest BCUT2D eigenvalue weighted by atomic mass is 32.2. The van der Waals surface area contributed by atoms with E-state index < -0.39 is 5.91 Å². The quantitative estimate of drug-likeness (QED) is 0.382. The number of rotatable bonds is 11. The number of carbonyl (C=O) groups excluding carboxylic acids is 3. The second-order valence-electron chi connectivity index (χ2n) is 6.45. The maximum Gasteiger partial charge on any atom is 0.315 e. The molecule has 2 rings (SSSR count). The van der Waals surface area contributed by atoms with E-state index in [9.17, 15) is 14.4 Å². The lowest BCUT2D eigenvalue weighted by Crippen LogP contribution is -2.36. The van der Waals surface area contributed by atoms with Gasteiger partial charge < -0.3 is 16.0 Å². The smallest absolute Gasteiger partial charge is 0.315 e. The molecule has 0 aromatic rings. The first-order valence-electron chi connectivity index (χ1n) is 8.76. The number of amides is 4. The molecular formula is C16H27N4O3S. The molecule has 135 valence electrons. The van der Waals surface area contributed by atoms with E-state index in [1.165, 1.54) is 0 Å². The molecule has 0 saturated carbocycles. The summed E-state index contributed by atoms with van der Waals surface area (Å²) in [4.78, 5) is 33.5. The number of nitrogens with one attached hydrogen (secondary N) is 4. The standard InChI is InChI=1S/C16H27N4O3S/c17-13(21)7-2-1-5-9-18-14(22)8-4-3-6-12-15-11(10-24-12)19-16(23)20-15/h11-12,15,17H,1-10H2,(H,18,22)(H2,19,20,23). The Bertz CT molecular complexity index is 461. The van der Waals surface area contributed by atoms with Gasteiger partial charge in [0, 0.05) is 30.4 Å². The van der Waals surface area contributed by atoms with E-state index in [4.69, 9.17) is 5.73 Å². The molecule has 2 heterocycles. The number of hydrogen-bond acceptors (Lipinski definition) is 4. The van der Waals surface area contributed by atoms with Gasteiger partial charge in [0.05, 0.1) is 12.1 Å². The molecule has 4 amide bonds. The molecule has 0 bridgehead atoms. The highest BCUT2D eigenvalue weighted by molar-refractivity contribution is 8.00. The molecule has 2 saturated heterocycles. The zero-order chi connectivity index (χ0) is 17.4. The molecule has 2 aliphatic heterocycles. The summed E-state index contributed by atoms with van der Waals surface area (Å²) in [5.74, 6) is 0.540. The van der Waals surface area contributed by atoms with Gasteiger partial charge in [-0.15, -0.1) is 0 Å². The van der Waals surface area contributed by atoms with Crippen LogP contribution in [0.4, 0.5) is 4.79 Å². The third-order valence-electron chi connectivity index (χ3n) is 4.48. The summed E-state index contributed by atoms with van der Waals surface area (Å²) in [6, 6.07) is 0.454. The molecule has 7 nitrogen and oxygen atoms in total. The van der Waals surface area contributed by atoms with Crippen molar-refractivity contribution in [3.05, 3.63) is 0 Å². The molecular weight excluding hydrogens is 328 g/mol. The summed E-state index contributed by atoms with van der Waals surface area (Å²) in [7, 11) is 0. The van der Waals surface area contributed by atoms with E-state index >= 15 is 0 Å². The van der Waals surface area contributed by atoms with Crippen LogP contribution in [0.15, 0.2) is 0 Å². The van der Waals surface area contributed by atoms with Crippen molar-refractivity contribution in [2.75, 3.05) is 12.3 Å². The van der Waals surface area contributed by atoms with Crippen LogP contribution >= 0.6 is 11.8 Å². The van der Waals surface area contributed by atoms with Crippen LogP contribution < -0.4 is 21.7 Å². The number of urea groups is 1. The van der Waals surface area contributed by atoms with Crippen molar-refractivity contribution in [1.82, 2.24) is 21.7 Å². The summed E-state index contributed by atoms with van der Waals surface area (Å²) in [6.07, 6.45) is 6.20. The van der Waals surface area contributed by atoms with Crippen LogP contribution in [0.5, 0.6) is 0 Å². The maximum absolute atomic E-state index is 11.7. The Morgan fingerprint density at radius 3 is 2.71 bits per heavy atom. The normalized spacial score (nSPS) is 25.0. The molecule has 2 fully saturated rings. The summed E-state index contributed by atoms with van der Waals surface area (Å²) in [6.45, 7) is 0.644. The molecule has 24 heavy (non-hydrogen) atoms. The summed E-state index contributed by atoms with van der Waals surface area (Å²) >= 11 is 1.90. The van der Waals surface area contributed by atoms with Gasteiger partial charge in [0.15, 0.2) is 0 Å². The topological polar surface area (TPSA) is 111 Å². The highest BCUT2D eigenvalue weighted by Gasteiger charge is 2.42. The lowest BCUT2D eigenvalue weighted by molar-refractivity contribution is -0.121. The van der Waals surface area contributed by atoms with Gasteiger partial charge in [-0.25, -0.2) is 4.79 Å². The van der Waals surface area contributed by atoms with Crippen molar-refractivity contribution in [1.29, 1.82) is 0 Å². The van der Waals surface area contributed by atoms with Gasteiger partial charge in [-0.05, 0) is 25.7 Å². The van der Waals surface area contributed by atoms with Crippen LogP contribution in [0.1, 0.15) is 51.4 Å². The Morgan fingerprint density at radius 1 is 1.12 bits per heavy atom. The van der Waals surface area contributed by atoms with E-state index in [1.807, 2.05) is 11.8 Å². The average Bonchev–Trinajstić information content (AvgIpc) is 3.06. The van der Waals surface area contributed by atoms with Crippen LogP contribution in [0, 0.1) is 0 Å². The van der Waals surface area contributed by atoms with Crippen LogP contribution in [-0.2, 0) is 9.59 Å². The first-order chi connectivity index (χ1) is 11.6. The van der Waals surface area contributed by atoms with Gasteiger partial charge in [-0.1, -0.05) is 12.8 Å². The SMILES string of the molecule is [NH]C(=O)CCCCCNC(=O)CCCCC1SCC2NC(=O)NC21. The van der Waals surface area contributed by atoms with Crippen molar-refractivity contribution >= 4 is 29.6 Å². The third kappa shape index (κ3) is 6.22. The lowest BCUT2D eigenvalue weighted by atomic mass is 10.0. The van der Waals surface area contributed by atoms with Crippen LogP contribution in [0.3, 0.4) is 0 Å². The number of carbonyl (C=O) groups is 3. The largest absolute Gasteiger partial charge is 0.356 e. The minimum atomic E-state index is -0.515. The molecule has 0 aliphatic carbocycles. The highest BCUT2D eigenvalue weighted by Crippen LogP contribution is 2.33. The van der Waals surface area contributed by atoms with Crippen molar-refractivity contribution < 1.29 is 14.4 Å². The first-order valence-corrected chi connectivity index (χ1v) is 9.81. The van der Waals surface area contributed by atoms with E-state index in [0.29, 0.717) is 24.6 Å². The fourth-order valence-corrected chi connectivity index (χ4v) is 4.72. The minimum absolute atomic E-state index is 0.0539. The summed E-state index contributed by atoms with van der Waals surface area (Å²) in [5.41, 5.74) is 6.80. The molecule has 0 spiro atoms. The van der Waals surface area contributed by atoms with Crippen LogP contribution in [0.2, 0.25) is 0 Å². The van der Waals surface area contributed by atoms with E-state index in [-0.39, 0.29) is 24.0 Å². The van der Waals surface area contributed by atoms with Crippen molar-refractivity contribution in [3.8, 4) is 0 Å². The second-order valence-corrected chi connectivity index (χ2v) is 7.72. The number of fused-ring (bicyclic) bond motifs is 1.